The molecule has 2 heteroatoms. The van der Waals surface area contributed by atoms with Gasteiger partial charge in [-0.15, -0.1) is 0 Å². The molecule has 0 radical (unpaired) electrons. The Morgan fingerprint density at radius 1 is 1.05 bits per heavy atom. The van der Waals surface area contributed by atoms with Gasteiger partial charge >= 0.3 is 0 Å². The van der Waals surface area contributed by atoms with Crippen molar-refractivity contribution < 1.29 is 0 Å². The van der Waals surface area contributed by atoms with E-state index >= 15 is 0 Å². The first kappa shape index (κ1) is 14.6. The second kappa shape index (κ2) is 4.61. The van der Waals surface area contributed by atoms with E-state index in [1.54, 1.807) is 0 Å². The first-order chi connectivity index (χ1) is 9.72. The number of likely N-dealkylation sites (tertiary alicyclic amines) is 1. The number of nitrogens with zero attached hydrogens (tertiary/aromatic N) is 1. The van der Waals surface area contributed by atoms with Gasteiger partial charge in [0.15, 0.2) is 0 Å². The zero-order valence-corrected chi connectivity index (χ0v) is 14.2. The minimum atomic E-state index is 0.232. The number of piperidine rings is 1. The molecule has 1 aliphatic rings. The van der Waals surface area contributed by atoms with E-state index in [0.717, 1.165) is 0 Å². The summed E-state index contributed by atoms with van der Waals surface area (Å²) in [6.07, 6.45) is 2.42. The number of fused-ring (bicyclic) bond motifs is 1. The van der Waals surface area contributed by atoms with Gasteiger partial charge in [0.2, 0.25) is 0 Å². The van der Waals surface area contributed by atoms with Crippen molar-refractivity contribution in [3.8, 4) is 0 Å². The number of rotatable bonds is 1. The Labute approximate surface area is 128 Å². The second-order valence-corrected chi connectivity index (χ2v) is 8.00. The Kier molecular flexibility index (Phi) is 3.21. The lowest BCUT2D eigenvalue weighted by Gasteiger charge is -2.53. The molecule has 21 heavy (non-hydrogen) atoms. The predicted molar refractivity (Wildman–Crippen MR) is 90.9 cm³/mol. The standard InChI is InChI=1S/C19H28N2/c1-13-15-9-7-8-10-16(15)20-17(13)14-11-18(2,3)21(6)19(4,5)12-14/h7-10,14,20H,11-12H2,1-6H3. The number of H-pyrrole nitrogens is 1. The van der Waals surface area contributed by atoms with Crippen molar-refractivity contribution in [2.45, 2.75) is 64.5 Å². The molecule has 2 aromatic rings. The maximum absolute atomic E-state index is 3.71. The Morgan fingerprint density at radius 3 is 2.19 bits per heavy atom. The summed E-state index contributed by atoms with van der Waals surface area (Å²) in [5, 5.41) is 1.38. The van der Waals surface area contributed by atoms with E-state index in [0.29, 0.717) is 5.92 Å². The fourth-order valence-electron chi connectivity index (χ4n) is 4.29. The lowest BCUT2D eigenvalue weighted by Crippen LogP contribution is -2.58. The molecule has 0 amide bonds. The van der Waals surface area contributed by atoms with Crippen LogP contribution < -0.4 is 0 Å². The van der Waals surface area contributed by atoms with Gasteiger partial charge in [-0.05, 0) is 66.1 Å². The van der Waals surface area contributed by atoms with Crippen LogP contribution in [-0.4, -0.2) is 28.0 Å². The smallest absolute Gasteiger partial charge is 0.0458 e. The first-order valence-electron chi connectivity index (χ1n) is 8.03. The van der Waals surface area contributed by atoms with Gasteiger partial charge in [0.25, 0.3) is 0 Å². The van der Waals surface area contributed by atoms with Crippen molar-refractivity contribution in [1.82, 2.24) is 9.88 Å². The Balaban J connectivity index is 2.05. The van der Waals surface area contributed by atoms with Gasteiger partial charge in [-0.2, -0.15) is 0 Å². The van der Waals surface area contributed by atoms with Gasteiger partial charge in [0.1, 0.15) is 0 Å². The number of aromatic amines is 1. The summed E-state index contributed by atoms with van der Waals surface area (Å²) in [4.78, 5) is 6.26. The van der Waals surface area contributed by atoms with Crippen LogP contribution in [0.1, 0.15) is 57.7 Å². The number of para-hydroxylation sites is 1. The van der Waals surface area contributed by atoms with Crippen LogP contribution in [0.25, 0.3) is 10.9 Å². The Morgan fingerprint density at radius 2 is 1.62 bits per heavy atom. The average molecular weight is 284 g/mol. The molecule has 2 heterocycles. The molecule has 114 valence electrons. The Hall–Kier alpha value is -1.28. The lowest BCUT2D eigenvalue weighted by atomic mass is 9.72. The molecule has 0 saturated carbocycles. The molecule has 0 atom stereocenters. The van der Waals surface area contributed by atoms with Crippen LogP contribution in [0, 0.1) is 6.92 Å². The molecule has 0 spiro atoms. The normalized spacial score (nSPS) is 22.8. The average Bonchev–Trinajstić information content (AvgIpc) is 2.73. The van der Waals surface area contributed by atoms with Crippen LogP contribution in [0.2, 0.25) is 0 Å². The van der Waals surface area contributed by atoms with Gasteiger partial charge in [-0.25, -0.2) is 0 Å². The van der Waals surface area contributed by atoms with Gasteiger partial charge in [0.05, 0.1) is 0 Å². The highest BCUT2D eigenvalue weighted by Crippen LogP contribution is 2.45. The molecular formula is C19H28N2. The summed E-state index contributed by atoms with van der Waals surface area (Å²) < 4.78 is 0. The number of hydrogen-bond donors (Lipinski definition) is 1. The zero-order chi connectivity index (χ0) is 15.4. The molecule has 1 aromatic carbocycles. The molecule has 1 fully saturated rings. The lowest BCUT2D eigenvalue weighted by molar-refractivity contribution is -0.0134. The third kappa shape index (κ3) is 2.30. The summed E-state index contributed by atoms with van der Waals surface area (Å²) in [7, 11) is 2.27. The third-order valence-electron chi connectivity index (χ3n) is 5.72. The molecule has 0 unspecified atom stereocenters. The van der Waals surface area contributed by atoms with E-state index < -0.39 is 0 Å². The molecule has 2 nitrogen and oxygen atoms in total. The minimum absolute atomic E-state index is 0.232. The monoisotopic (exact) mass is 284 g/mol. The van der Waals surface area contributed by atoms with Crippen LogP contribution in [0.3, 0.4) is 0 Å². The Bertz CT molecular complexity index is 645. The molecule has 1 N–H and O–H groups in total. The second-order valence-electron chi connectivity index (χ2n) is 8.00. The first-order valence-corrected chi connectivity index (χ1v) is 8.03. The number of nitrogens with one attached hydrogen (secondary N) is 1. The number of hydrogen-bond acceptors (Lipinski definition) is 1. The van der Waals surface area contributed by atoms with E-state index in [2.05, 4.69) is 75.8 Å². The van der Waals surface area contributed by atoms with E-state index in [1.165, 1.54) is 35.0 Å². The largest absolute Gasteiger partial charge is 0.358 e. The van der Waals surface area contributed by atoms with Crippen molar-refractivity contribution in [3.63, 3.8) is 0 Å². The van der Waals surface area contributed by atoms with Crippen molar-refractivity contribution in [1.29, 1.82) is 0 Å². The molecular weight excluding hydrogens is 256 g/mol. The maximum atomic E-state index is 3.71. The molecule has 1 aromatic heterocycles. The topological polar surface area (TPSA) is 19.0 Å². The van der Waals surface area contributed by atoms with Crippen LogP contribution in [0.4, 0.5) is 0 Å². The quantitative estimate of drug-likeness (QED) is 0.793. The van der Waals surface area contributed by atoms with E-state index in [9.17, 15) is 0 Å². The molecule has 3 rings (SSSR count). The van der Waals surface area contributed by atoms with Crippen molar-refractivity contribution in [2.24, 2.45) is 0 Å². The van der Waals surface area contributed by atoms with Crippen LogP contribution in [-0.2, 0) is 0 Å². The number of aryl methyl sites for hydroxylation is 1. The van der Waals surface area contributed by atoms with Gasteiger partial charge in [-0.1, -0.05) is 18.2 Å². The maximum Gasteiger partial charge on any atom is 0.0458 e. The van der Waals surface area contributed by atoms with Crippen LogP contribution in [0.15, 0.2) is 24.3 Å². The van der Waals surface area contributed by atoms with E-state index in [-0.39, 0.29) is 11.1 Å². The molecule has 0 bridgehead atoms. The number of benzene rings is 1. The van der Waals surface area contributed by atoms with E-state index in [1.807, 2.05) is 0 Å². The highest BCUT2D eigenvalue weighted by atomic mass is 15.2. The summed E-state index contributed by atoms with van der Waals surface area (Å²) in [6, 6.07) is 8.67. The van der Waals surface area contributed by atoms with Crippen LogP contribution >= 0.6 is 0 Å². The molecule has 0 aliphatic carbocycles. The summed E-state index contributed by atoms with van der Waals surface area (Å²) in [5.41, 5.74) is 4.63. The number of aromatic nitrogens is 1. The van der Waals surface area contributed by atoms with Gasteiger partial charge in [0, 0.05) is 33.6 Å². The summed E-state index contributed by atoms with van der Waals surface area (Å²) in [6.45, 7) is 11.8. The van der Waals surface area contributed by atoms with Crippen molar-refractivity contribution in [3.05, 3.63) is 35.5 Å². The zero-order valence-electron chi connectivity index (χ0n) is 14.2. The fourth-order valence-corrected chi connectivity index (χ4v) is 4.29. The highest BCUT2D eigenvalue weighted by Gasteiger charge is 2.44. The van der Waals surface area contributed by atoms with Gasteiger partial charge in [-0.3, -0.25) is 4.90 Å². The summed E-state index contributed by atoms with van der Waals surface area (Å²) >= 11 is 0. The van der Waals surface area contributed by atoms with Crippen LogP contribution in [0.5, 0.6) is 0 Å². The van der Waals surface area contributed by atoms with Crippen molar-refractivity contribution >= 4 is 10.9 Å². The predicted octanol–water partition coefficient (Wildman–Crippen LogP) is 4.84. The van der Waals surface area contributed by atoms with Gasteiger partial charge < -0.3 is 4.98 Å². The fraction of sp³-hybridized carbons (Fsp3) is 0.579. The van der Waals surface area contributed by atoms with Crippen molar-refractivity contribution in [2.75, 3.05) is 7.05 Å². The SMILES string of the molecule is Cc1c(C2CC(C)(C)N(C)C(C)(C)C2)[nH]c2ccccc12. The molecule has 1 saturated heterocycles. The highest BCUT2D eigenvalue weighted by molar-refractivity contribution is 5.84. The molecule has 1 aliphatic heterocycles. The minimum Gasteiger partial charge on any atom is -0.358 e. The van der Waals surface area contributed by atoms with E-state index in [4.69, 9.17) is 0 Å². The summed E-state index contributed by atoms with van der Waals surface area (Å²) in [5.74, 6) is 0.610. The third-order valence-corrected chi connectivity index (χ3v) is 5.72.